The second kappa shape index (κ2) is 4.51. The first kappa shape index (κ1) is 13.8. The number of likely N-dealkylation sites (tertiary alicyclic amines) is 1. The molecule has 2 fully saturated rings. The molecule has 0 unspecified atom stereocenters. The third kappa shape index (κ3) is 2.88. The molecule has 0 aromatic rings. The maximum atomic E-state index is 11.9. The summed E-state index contributed by atoms with van der Waals surface area (Å²) in [5.41, 5.74) is -1.12. The number of carbonyl (C=O) groups excluding carboxylic acids is 3. The summed E-state index contributed by atoms with van der Waals surface area (Å²) in [6, 6.07) is 0. The van der Waals surface area contributed by atoms with Crippen LogP contribution in [0.5, 0.6) is 0 Å². The fraction of sp³-hybridized carbons (Fsp3) is 0.769. The van der Waals surface area contributed by atoms with Crippen molar-refractivity contribution in [1.82, 2.24) is 10.2 Å². The van der Waals surface area contributed by atoms with Gasteiger partial charge in [-0.3, -0.25) is 14.9 Å². The van der Waals surface area contributed by atoms with Gasteiger partial charge in [-0.15, -0.1) is 0 Å². The number of amides is 3. The molecule has 1 spiro atoms. The average Bonchev–Trinajstić information content (AvgIpc) is 2.52. The van der Waals surface area contributed by atoms with Gasteiger partial charge in [0.2, 0.25) is 11.8 Å². The van der Waals surface area contributed by atoms with Crippen LogP contribution in [0.25, 0.3) is 0 Å². The molecule has 2 aliphatic rings. The fourth-order valence-electron chi connectivity index (χ4n) is 2.54. The van der Waals surface area contributed by atoms with Gasteiger partial charge in [0.25, 0.3) is 0 Å². The second-order valence-corrected chi connectivity index (χ2v) is 6.30. The van der Waals surface area contributed by atoms with Crippen molar-refractivity contribution in [3.63, 3.8) is 0 Å². The molecule has 2 rings (SSSR count). The van der Waals surface area contributed by atoms with Crippen LogP contribution >= 0.6 is 0 Å². The van der Waals surface area contributed by atoms with Gasteiger partial charge in [-0.05, 0) is 33.6 Å². The van der Waals surface area contributed by atoms with Crippen LogP contribution in [0, 0.1) is 5.41 Å². The van der Waals surface area contributed by atoms with Gasteiger partial charge in [-0.25, -0.2) is 4.79 Å². The number of carbonyl (C=O) groups is 3. The summed E-state index contributed by atoms with van der Waals surface area (Å²) in [5, 5.41) is 2.35. The number of hydrogen-bond acceptors (Lipinski definition) is 4. The van der Waals surface area contributed by atoms with Crippen LogP contribution in [0.4, 0.5) is 4.79 Å². The third-order valence-electron chi connectivity index (χ3n) is 3.61. The molecule has 2 saturated heterocycles. The Morgan fingerprint density at radius 2 is 1.84 bits per heavy atom. The minimum Gasteiger partial charge on any atom is -0.444 e. The number of piperidine rings is 1. The number of imide groups is 1. The van der Waals surface area contributed by atoms with E-state index in [4.69, 9.17) is 4.74 Å². The Morgan fingerprint density at radius 3 is 2.26 bits per heavy atom. The van der Waals surface area contributed by atoms with E-state index in [2.05, 4.69) is 5.32 Å². The van der Waals surface area contributed by atoms with Crippen molar-refractivity contribution in [2.24, 2.45) is 5.41 Å². The first-order chi connectivity index (χ1) is 8.72. The van der Waals surface area contributed by atoms with E-state index in [1.54, 1.807) is 4.90 Å². The highest BCUT2D eigenvalue weighted by molar-refractivity contribution is 6.05. The Hall–Kier alpha value is -1.59. The maximum Gasteiger partial charge on any atom is 0.410 e. The molecule has 19 heavy (non-hydrogen) atoms. The molecule has 106 valence electrons. The quantitative estimate of drug-likeness (QED) is 0.666. The highest BCUT2D eigenvalue weighted by Gasteiger charge is 2.48. The number of nitrogens with zero attached hydrogens (tertiary/aromatic N) is 1. The number of rotatable bonds is 0. The Balaban J connectivity index is 1.94. The molecule has 6 nitrogen and oxygen atoms in total. The van der Waals surface area contributed by atoms with Crippen molar-refractivity contribution in [2.75, 3.05) is 13.1 Å². The number of nitrogens with one attached hydrogen (secondary N) is 1. The molecule has 0 aromatic heterocycles. The minimum atomic E-state index is -0.602. The number of hydrogen-bond donors (Lipinski definition) is 1. The molecule has 0 saturated carbocycles. The van der Waals surface area contributed by atoms with Gasteiger partial charge in [0.05, 0.1) is 5.41 Å². The van der Waals surface area contributed by atoms with E-state index in [9.17, 15) is 14.4 Å². The third-order valence-corrected chi connectivity index (χ3v) is 3.61. The lowest BCUT2D eigenvalue weighted by molar-refractivity contribution is -0.130. The molecule has 0 aliphatic carbocycles. The van der Waals surface area contributed by atoms with E-state index in [-0.39, 0.29) is 24.3 Å². The largest absolute Gasteiger partial charge is 0.444 e. The molecule has 0 radical (unpaired) electrons. The first-order valence-corrected chi connectivity index (χ1v) is 6.54. The summed E-state index contributed by atoms with van der Waals surface area (Å²) < 4.78 is 5.30. The van der Waals surface area contributed by atoms with Crippen LogP contribution in [-0.2, 0) is 14.3 Å². The molecule has 6 heteroatoms. The zero-order valence-corrected chi connectivity index (χ0v) is 11.6. The van der Waals surface area contributed by atoms with Crippen LogP contribution in [-0.4, -0.2) is 41.5 Å². The Kier molecular flexibility index (Phi) is 3.28. The van der Waals surface area contributed by atoms with Crippen molar-refractivity contribution in [2.45, 2.75) is 45.6 Å². The van der Waals surface area contributed by atoms with Gasteiger partial charge >= 0.3 is 6.09 Å². The van der Waals surface area contributed by atoms with E-state index >= 15 is 0 Å². The van der Waals surface area contributed by atoms with Gasteiger partial charge < -0.3 is 9.64 Å². The summed E-state index contributed by atoms with van der Waals surface area (Å²) in [6.07, 6.45) is 0.925. The van der Waals surface area contributed by atoms with Crippen molar-refractivity contribution < 1.29 is 19.1 Å². The Bertz CT molecular complexity index is 417. The first-order valence-electron chi connectivity index (χ1n) is 6.54. The fourth-order valence-corrected chi connectivity index (χ4v) is 2.54. The topological polar surface area (TPSA) is 75.7 Å². The summed E-state index contributed by atoms with van der Waals surface area (Å²) >= 11 is 0. The van der Waals surface area contributed by atoms with Crippen molar-refractivity contribution >= 4 is 17.9 Å². The van der Waals surface area contributed by atoms with Gasteiger partial charge in [-0.1, -0.05) is 0 Å². The Morgan fingerprint density at radius 1 is 1.26 bits per heavy atom. The molecule has 0 atom stereocenters. The smallest absolute Gasteiger partial charge is 0.410 e. The van der Waals surface area contributed by atoms with E-state index < -0.39 is 11.0 Å². The average molecular weight is 268 g/mol. The highest BCUT2D eigenvalue weighted by atomic mass is 16.6. The molecule has 2 heterocycles. The van der Waals surface area contributed by atoms with Gasteiger partial charge in [0, 0.05) is 19.5 Å². The van der Waals surface area contributed by atoms with Gasteiger partial charge in [0.15, 0.2) is 0 Å². The van der Waals surface area contributed by atoms with Crippen molar-refractivity contribution in [3.05, 3.63) is 0 Å². The number of ether oxygens (including phenoxy) is 1. The van der Waals surface area contributed by atoms with Gasteiger partial charge in [0.1, 0.15) is 5.60 Å². The monoisotopic (exact) mass is 268 g/mol. The van der Waals surface area contributed by atoms with Crippen molar-refractivity contribution in [1.29, 1.82) is 0 Å². The molecule has 0 bridgehead atoms. The Labute approximate surface area is 112 Å². The van der Waals surface area contributed by atoms with Crippen LogP contribution in [0.3, 0.4) is 0 Å². The normalized spacial score (nSPS) is 22.6. The summed E-state index contributed by atoms with van der Waals surface area (Å²) in [5.74, 6) is -0.406. The zero-order chi connectivity index (χ0) is 14.3. The summed E-state index contributed by atoms with van der Waals surface area (Å²) in [6.45, 7) is 6.36. The van der Waals surface area contributed by atoms with Crippen molar-refractivity contribution in [3.8, 4) is 0 Å². The molecule has 2 aliphatic heterocycles. The SMILES string of the molecule is CC(C)(C)OC(=O)N1CCC2(CC1)CC(=O)NC2=O. The lowest BCUT2D eigenvalue weighted by Gasteiger charge is -2.37. The second-order valence-electron chi connectivity index (χ2n) is 6.30. The molecule has 3 amide bonds. The van der Waals surface area contributed by atoms with E-state index in [0.29, 0.717) is 25.9 Å². The summed E-state index contributed by atoms with van der Waals surface area (Å²) in [7, 11) is 0. The lowest BCUT2D eigenvalue weighted by Crippen LogP contribution is -2.47. The predicted octanol–water partition coefficient (Wildman–Crippen LogP) is 1.05. The highest BCUT2D eigenvalue weighted by Crippen LogP contribution is 2.38. The van der Waals surface area contributed by atoms with E-state index in [1.165, 1.54) is 0 Å². The minimum absolute atomic E-state index is 0.193. The zero-order valence-electron chi connectivity index (χ0n) is 11.6. The van der Waals surface area contributed by atoms with E-state index in [0.717, 1.165) is 0 Å². The molecule has 0 aromatic carbocycles. The summed E-state index contributed by atoms with van der Waals surface area (Å²) in [4.78, 5) is 36.6. The molecular weight excluding hydrogens is 248 g/mol. The standard InChI is InChI=1S/C13H20N2O4/c1-12(2,3)19-11(18)15-6-4-13(5-7-15)8-9(16)14-10(13)17/h4-8H2,1-3H3,(H,14,16,17). The van der Waals surface area contributed by atoms with Crippen LogP contribution in [0.1, 0.15) is 40.0 Å². The predicted molar refractivity (Wildman–Crippen MR) is 67.2 cm³/mol. The molecule has 1 N–H and O–H groups in total. The lowest BCUT2D eigenvalue weighted by atomic mass is 9.77. The van der Waals surface area contributed by atoms with Crippen LogP contribution < -0.4 is 5.32 Å². The van der Waals surface area contributed by atoms with Crippen LogP contribution in [0.2, 0.25) is 0 Å². The maximum absolute atomic E-state index is 11.9. The van der Waals surface area contributed by atoms with Gasteiger partial charge in [-0.2, -0.15) is 0 Å². The molecular formula is C13H20N2O4. The van der Waals surface area contributed by atoms with E-state index in [1.807, 2.05) is 20.8 Å². The van der Waals surface area contributed by atoms with Crippen LogP contribution in [0.15, 0.2) is 0 Å².